The molecule has 4 heteroatoms. The second-order valence-corrected chi connectivity index (χ2v) is 33.0. The first-order valence-corrected chi connectivity index (χ1v) is 17.3. The van der Waals surface area contributed by atoms with Crippen molar-refractivity contribution in [3.8, 4) is 0 Å². The molecule has 0 saturated heterocycles. The molecule has 0 aliphatic carbocycles. The second-order valence-electron chi connectivity index (χ2n) is 7.13. The lowest BCUT2D eigenvalue weighted by molar-refractivity contribution is 0.332. The minimum Gasteiger partial charge on any atom is -0.413 e. The smallest absolute Gasteiger partial charge is 0.197 e. The third-order valence-corrected chi connectivity index (χ3v) is 38.7. The number of rotatable bonds is 2. The van der Waals surface area contributed by atoms with Gasteiger partial charge in [0.25, 0.3) is 0 Å². The summed E-state index contributed by atoms with van der Waals surface area (Å²) in [6, 6.07) is 8.99. The fourth-order valence-electron chi connectivity index (χ4n) is 3.62. The average molecular weight is 281 g/mol. The highest BCUT2D eigenvalue weighted by Gasteiger charge is 2.60. The van der Waals surface area contributed by atoms with Gasteiger partial charge in [-0.05, 0) is 10.8 Å². The highest BCUT2D eigenvalue weighted by atomic mass is 29.7. The van der Waals surface area contributed by atoms with Gasteiger partial charge in [-0.15, -0.1) is 0 Å². The van der Waals surface area contributed by atoms with Crippen LogP contribution >= 0.6 is 0 Å². The number of hydrogen-bond acceptors (Lipinski definition) is 1. The van der Waals surface area contributed by atoms with Gasteiger partial charge in [-0.1, -0.05) is 63.5 Å². The van der Waals surface area contributed by atoms with Gasteiger partial charge in [0.15, 0.2) is 7.35 Å². The van der Waals surface area contributed by atoms with Gasteiger partial charge < -0.3 is 4.43 Å². The Labute approximate surface area is 108 Å². The van der Waals surface area contributed by atoms with Crippen molar-refractivity contribution in [2.45, 2.75) is 45.9 Å². The van der Waals surface area contributed by atoms with E-state index in [2.05, 4.69) is 63.5 Å². The molecule has 0 amide bonds. The highest BCUT2D eigenvalue weighted by molar-refractivity contribution is 7.70. The van der Waals surface area contributed by atoms with Crippen LogP contribution < -0.4 is 5.19 Å². The summed E-state index contributed by atoms with van der Waals surface area (Å²) in [7, 11) is -4.24. The van der Waals surface area contributed by atoms with Crippen LogP contribution in [-0.4, -0.2) is 22.5 Å². The normalized spacial score (nSPS) is 19.2. The first kappa shape index (κ1) is 13.3. The zero-order valence-corrected chi connectivity index (χ0v) is 14.9. The Hall–Kier alpha value is -0.169. The zero-order valence-electron chi connectivity index (χ0n) is 11.9. The molecule has 1 aromatic rings. The monoisotopic (exact) mass is 280 g/mol. The number of benzene rings is 1. The Bertz CT molecular complexity index is 415. The molecule has 0 atom stereocenters. The third kappa shape index (κ3) is 1.82. The Morgan fingerprint density at radius 1 is 0.941 bits per heavy atom. The summed E-state index contributed by atoms with van der Waals surface area (Å²) >= 11 is 0. The van der Waals surface area contributed by atoms with Crippen molar-refractivity contribution in [3.63, 3.8) is 0 Å². The molecule has 94 valence electrons. The maximum atomic E-state index is 6.60. The van der Waals surface area contributed by atoms with E-state index in [-0.39, 0.29) is 0 Å². The SMILES string of the molecule is C[Si](C)(C)[Si]1([Si](C)(C)C)OCc2ccccc21. The minimum atomic E-state index is -1.68. The topological polar surface area (TPSA) is 9.23 Å². The molecule has 1 aliphatic rings. The van der Waals surface area contributed by atoms with Crippen LogP contribution in [0.3, 0.4) is 0 Å². The van der Waals surface area contributed by atoms with Gasteiger partial charge in [-0.3, -0.25) is 0 Å². The van der Waals surface area contributed by atoms with Crippen molar-refractivity contribution in [1.82, 2.24) is 0 Å². The van der Waals surface area contributed by atoms with Crippen molar-refractivity contribution in [2.24, 2.45) is 0 Å². The van der Waals surface area contributed by atoms with Gasteiger partial charge in [0.2, 0.25) is 0 Å². The Morgan fingerprint density at radius 2 is 1.47 bits per heavy atom. The van der Waals surface area contributed by atoms with E-state index in [0.717, 1.165) is 6.61 Å². The van der Waals surface area contributed by atoms with E-state index < -0.39 is 22.5 Å². The van der Waals surface area contributed by atoms with E-state index in [1.807, 2.05) is 0 Å². The summed E-state index contributed by atoms with van der Waals surface area (Å²) in [6.45, 7) is 16.0. The second kappa shape index (κ2) is 3.91. The lowest BCUT2D eigenvalue weighted by atomic mass is 10.2. The van der Waals surface area contributed by atoms with Gasteiger partial charge in [-0.2, -0.15) is 0 Å². The molecule has 0 unspecified atom stereocenters. The summed E-state index contributed by atoms with van der Waals surface area (Å²) in [5.74, 6) is 0. The molecule has 0 N–H and O–H groups in total. The van der Waals surface area contributed by atoms with Crippen LogP contribution in [0.4, 0.5) is 0 Å². The van der Waals surface area contributed by atoms with Crippen LogP contribution in [0.25, 0.3) is 0 Å². The van der Waals surface area contributed by atoms with Gasteiger partial charge in [-0.25, -0.2) is 0 Å². The van der Waals surface area contributed by atoms with Gasteiger partial charge in [0, 0.05) is 0 Å². The molecule has 1 aliphatic heterocycles. The van der Waals surface area contributed by atoms with E-state index in [9.17, 15) is 0 Å². The first-order valence-electron chi connectivity index (χ1n) is 6.42. The summed E-state index contributed by atoms with van der Waals surface area (Å²) in [5.41, 5.74) is 1.48. The molecule has 0 aromatic heterocycles. The molecule has 0 radical (unpaired) electrons. The highest BCUT2D eigenvalue weighted by Crippen LogP contribution is 2.35. The molecular formula is C13H24OSi3. The molecule has 0 bridgehead atoms. The fourth-order valence-corrected chi connectivity index (χ4v) is 46.2. The molecule has 17 heavy (non-hydrogen) atoms. The lowest BCUT2D eigenvalue weighted by Crippen LogP contribution is -2.78. The van der Waals surface area contributed by atoms with Crippen LogP contribution in [0, 0.1) is 0 Å². The Balaban J connectivity index is 2.68. The third-order valence-electron chi connectivity index (χ3n) is 3.95. The van der Waals surface area contributed by atoms with Gasteiger partial charge in [0.1, 0.15) is 0 Å². The molecule has 0 spiro atoms. The molecule has 1 aromatic carbocycles. The predicted octanol–water partition coefficient (Wildman–Crippen LogP) is 3.20. The summed E-state index contributed by atoms with van der Waals surface area (Å²) in [5, 5.41) is 1.64. The maximum absolute atomic E-state index is 6.60. The Morgan fingerprint density at radius 3 is 2.00 bits per heavy atom. The molecular weight excluding hydrogens is 256 g/mol. The van der Waals surface area contributed by atoms with E-state index in [1.165, 1.54) is 5.56 Å². The average Bonchev–Trinajstić information content (AvgIpc) is 2.55. The fraction of sp³-hybridized carbons (Fsp3) is 0.538. The van der Waals surface area contributed by atoms with Crippen LogP contribution in [0.15, 0.2) is 24.3 Å². The van der Waals surface area contributed by atoms with E-state index in [4.69, 9.17) is 4.43 Å². The summed E-state index contributed by atoms with van der Waals surface area (Å²) in [6.07, 6.45) is 0. The van der Waals surface area contributed by atoms with Crippen molar-refractivity contribution >= 4 is 27.7 Å². The van der Waals surface area contributed by atoms with Crippen molar-refractivity contribution in [2.75, 3.05) is 0 Å². The van der Waals surface area contributed by atoms with E-state index in [1.54, 1.807) is 5.19 Å². The number of hydrogen-bond donors (Lipinski definition) is 0. The first-order chi connectivity index (χ1) is 7.70. The standard InChI is InChI=1S/C13H24OSi3/c1-15(2,3)17(16(4,5)6)13-10-8-7-9-12(13)11-14-17/h7-10H,11H2,1-6H3. The molecule has 0 saturated carbocycles. The van der Waals surface area contributed by atoms with Crippen molar-refractivity contribution in [1.29, 1.82) is 0 Å². The van der Waals surface area contributed by atoms with Crippen LogP contribution in [0.1, 0.15) is 5.56 Å². The summed E-state index contributed by atoms with van der Waals surface area (Å²) < 4.78 is 6.60. The zero-order chi connectivity index (χ0) is 12.9. The molecule has 2 rings (SSSR count). The van der Waals surface area contributed by atoms with Gasteiger partial charge >= 0.3 is 0 Å². The quantitative estimate of drug-likeness (QED) is 0.756. The molecule has 0 fully saturated rings. The van der Waals surface area contributed by atoms with Crippen molar-refractivity contribution < 1.29 is 4.43 Å². The lowest BCUT2D eigenvalue weighted by Gasteiger charge is -2.46. The van der Waals surface area contributed by atoms with Gasteiger partial charge in [0.05, 0.1) is 21.8 Å². The molecule has 1 nitrogen and oxygen atoms in total. The predicted molar refractivity (Wildman–Crippen MR) is 83.3 cm³/mol. The van der Waals surface area contributed by atoms with Crippen LogP contribution in [0.2, 0.25) is 39.3 Å². The largest absolute Gasteiger partial charge is 0.413 e. The van der Waals surface area contributed by atoms with Crippen LogP contribution in [0.5, 0.6) is 0 Å². The summed E-state index contributed by atoms with van der Waals surface area (Å²) in [4.78, 5) is 0. The van der Waals surface area contributed by atoms with Crippen molar-refractivity contribution in [3.05, 3.63) is 29.8 Å². The van der Waals surface area contributed by atoms with Crippen LogP contribution in [-0.2, 0) is 11.0 Å². The maximum Gasteiger partial charge on any atom is 0.197 e. The Kier molecular flexibility index (Phi) is 3.05. The van der Waals surface area contributed by atoms with E-state index >= 15 is 0 Å². The molecule has 1 heterocycles. The number of fused-ring (bicyclic) bond motifs is 1. The minimum absolute atomic E-state index is 0.872. The van der Waals surface area contributed by atoms with E-state index in [0.29, 0.717) is 0 Å².